The van der Waals surface area contributed by atoms with Gasteiger partial charge in [-0.15, -0.1) is 23.6 Å². The van der Waals surface area contributed by atoms with Gasteiger partial charge in [0.25, 0.3) is 0 Å². The first kappa shape index (κ1) is 30.3. The first-order valence-corrected chi connectivity index (χ1v) is 15.8. The van der Waals surface area contributed by atoms with Crippen LogP contribution < -0.4 is 14.5 Å². The minimum Gasteiger partial charge on any atom is -0.509 e. The number of aromatic nitrogens is 2. The van der Waals surface area contributed by atoms with Crippen LogP contribution in [-0.4, -0.2) is 16.6 Å². The van der Waals surface area contributed by atoms with Gasteiger partial charge in [-0.05, 0) is 65.2 Å². The van der Waals surface area contributed by atoms with Gasteiger partial charge in [0.1, 0.15) is 11.4 Å². The average Bonchev–Trinajstić information content (AvgIpc) is 3.73. The van der Waals surface area contributed by atoms with Crippen molar-refractivity contribution in [3.63, 3.8) is 0 Å². The molecule has 5 aromatic carbocycles. The molecule has 0 radical (unpaired) electrons. The van der Waals surface area contributed by atoms with Crippen LogP contribution in [0.1, 0.15) is 26.3 Å². The number of pyridine rings is 1. The number of ether oxygens (including phenoxy) is 1. The van der Waals surface area contributed by atoms with Crippen LogP contribution in [0.5, 0.6) is 11.5 Å². The molecule has 0 bridgehead atoms. The van der Waals surface area contributed by atoms with Gasteiger partial charge >= 0.3 is 0 Å². The summed E-state index contributed by atoms with van der Waals surface area (Å²) < 4.78 is 15.2. The van der Waals surface area contributed by atoms with Gasteiger partial charge in [-0.25, -0.2) is 4.98 Å². The van der Waals surface area contributed by atoms with Crippen LogP contribution in [0.15, 0.2) is 114 Å². The third-order valence-electron chi connectivity index (χ3n) is 9.03. The molecule has 0 aliphatic carbocycles. The summed E-state index contributed by atoms with van der Waals surface area (Å²) >= 11 is 0. The van der Waals surface area contributed by atoms with Crippen LogP contribution in [0.4, 0.5) is 17.1 Å². The zero-order valence-electron chi connectivity index (χ0n) is 26.9. The van der Waals surface area contributed by atoms with Crippen LogP contribution in [0, 0.1) is 18.8 Å². The van der Waals surface area contributed by atoms with Gasteiger partial charge in [-0.1, -0.05) is 92.0 Å². The minimum atomic E-state index is -0.0145. The number of rotatable bonds is 4. The number of benzene rings is 5. The van der Waals surface area contributed by atoms with Gasteiger partial charge in [-0.2, -0.15) is 12.7 Å². The molecule has 48 heavy (non-hydrogen) atoms. The number of fused-ring (bicyclic) bond motifs is 7. The van der Waals surface area contributed by atoms with E-state index in [1.54, 1.807) is 0 Å². The molecular formula is C41H31N4O2Pt-3. The van der Waals surface area contributed by atoms with Gasteiger partial charge in [0, 0.05) is 61.2 Å². The first-order chi connectivity index (χ1) is 22.8. The Morgan fingerprint density at radius 2 is 1.50 bits per heavy atom. The topological polar surface area (TPSA) is 46.7 Å². The van der Waals surface area contributed by atoms with E-state index in [4.69, 9.17) is 14.1 Å². The number of hydrogen-bond acceptors (Lipinski definition) is 5. The molecule has 240 valence electrons. The van der Waals surface area contributed by atoms with E-state index in [1.807, 2.05) is 36.5 Å². The maximum absolute atomic E-state index is 6.61. The van der Waals surface area contributed by atoms with Crippen molar-refractivity contribution in [1.29, 1.82) is 0 Å². The van der Waals surface area contributed by atoms with E-state index in [-0.39, 0.29) is 26.5 Å². The van der Waals surface area contributed by atoms with Gasteiger partial charge in [0.05, 0.1) is 0 Å². The second-order valence-electron chi connectivity index (χ2n) is 13.1. The number of nitrogens with zero attached hydrogens (tertiary/aromatic N) is 4. The second-order valence-corrected chi connectivity index (χ2v) is 13.1. The van der Waals surface area contributed by atoms with Crippen molar-refractivity contribution in [3.8, 4) is 17.3 Å². The SMILES string of the molecule is CN1[CH-]N(c2[c-]c(Oc3[c-]c4c(cc3)c3ccccc3n4-c3cc(C(C)(C)C)ccn3)cc3oc4ccccc4c23)c2ccccc21.[Pt]. The van der Waals surface area contributed by atoms with Gasteiger partial charge in [0.2, 0.25) is 0 Å². The quantitative estimate of drug-likeness (QED) is 0.166. The number of furan rings is 1. The molecule has 0 fully saturated rings. The summed E-state index contributed by atoms with van der Waals surface area (Å²) in [6, 6.07) is 42.3. The second kappa shape index (κ2) is 11.3. The molecule has 0 saturated carbocycles. The van der Waals surface area contributed by atoms with Crippen molar-refractivity contribution >= 4 is 60.8 Å². The monoisotopic (exact) mass is 806 g/mol. The Morgan fingerprint density at radius 3 is 2.33 bits per heavy atom. The summed E-state index contributed by atoms with van der Waals surface area (Å²) in [5, 5.41) is 4.24. The zero-order valence-corrected chi connectivity index (χ0v) is 29.2. The fourth-order valence-corrected chi connectivity index (χ4v) is 6.72. The van der Waals surface area contributed by atoms with E-state index < -0.39 is 0 Å². The van der Waals surface area contributed by atoms with Crippen molar-refractivity contribution < 1.29 is 30.2 Å². The summed E-state index contributed by atoms with van der Waals surface area (Å²) in [5.41, 5.74) is 7.76. The standard InChI is InChI=1S/C41H31N4O2.Pt/c1-41(2,3)26-19-20-42-39(21-26)45-32-13-7-5-11-29(32)30-18-17-27(22-35(30)45)46-28-23-36(44-25-43(4)33-14-8-9-15-34(33)44)40-31-12-6-10-16-37(31)47-38(40)24-28;/h5-21,24-25H,1-4H3;/q-3;. The van der Waals surface area contributed by atoms with Gasteiger partial charge in [-0.3, -0.25) is 0 Å². The van der Waals surface area contributed by atoms with Crippen molar-refractivity contribution in [2.75, 3.05) is 16.8 Å². The van der Waals surface area contributed by atoms with Gasteiger partial charge < -0.3 is 23.5 Å². The van der Waals surface area contributed by atoms with Crippen molar-refractivity contribution in [2.45, 2.75) is 26.2 Å². The molecule has 0 spiro atoms. The molecule has 0 amide bonds. The van der Waals surface area contributed by atoms with E-state index in [0.717, 1.165) is 66.6 Å². The van der Waals surface area contributed by atoms with E-state index in [1.165, 1.54) is 5.56 Å². The number of anilines is 3. The largest absolute Gasteiger partial charge is 0.509 e. The summed E-state index contributed by atoms with van der Waals surface area (Å²) in [6.07, 6.45) is 1.89. The maximum atomic E-state index is 6.61. The summed E-state index contributed by atoms with van der Waals surface area (Å²) in [4.78, 5) is 9.09. The Kier molecular flexibility index (Phi) is 7.12. The molecule has 0 atom stereocenters. The molecule has 0 unspecified atom stereocenters. The van der Waals surface area contributed by atoms with Crippen molar-refractivity contribution in [2.24, 2.45) is 0 Å². The Bertz CT molecular complexity index is 2510. The third-order valence-corrected chi connectivity index (χ3v) is 9.03. The average molecular weight is 807 g/mol. The van der Waals surface area contributed by atoms with Crippen molar-refractivity contribution in [3.05, 3.63) is 134 Å². The first-order valence-electron chi connectivity index (χ1n) is 15.8. The molecular weight excluding hydrogens is 776 g/mol. The Labute approximate surface area is 293 Å². The van der Waals surface area contributed by atoms with Crippen LogP contribution in [0.2, 0.25) is 0 Å². The van der Waals surface area contributed by atoms with E-state index >= 15 is 0 Å². The predicted molar refractivity (Wildman–Crippen MR) is 190 cm³/mol. The fraction of sp³-hybridized carbons (Fsp3) is 0.122. The summed E-state index contributed by atoms with van der Waals surface area (Å²) in [7, 11) is 2.05. The minimum absolute atomic E-state index is 0. The molecule has 9 rings (SSSR count). The number of para-hydroxylation sites is 4. The van der Waals surface area contributed by atoms with Crippen LogP contribution in [-0.2, 0) is 26.5 Å². The Morgan fingerprint density at radius 1 is 0.750 bits per heavy atom. The van der Waals surface area contributed by atoms with Crippen molar-refractivity contribution in [1.82, 2.24) is 9.55 Å². The van der Waals surface area contributed by atoms with E-state index in [0.29, 0.717) is 11.5 Å². The molecule has 1 aliphatic rings. The Balaban J connectivity index is 0.00000336. The maximum Gasteiger partial charge on any atom is 0.135 e. The molecule has 7 heteroatoms. The van der Waals surface area contributed by atoms with E-state index in [2.05, 4.69) is 134 Å². The molecule has 3 aromatic heterocycles. The zero-order chi connectivity index (χ0) is 31.9. The van der Waals surface area contributed by atoms with Gasteiger partial charge in [0.15, 0.2) is 0 Å². The summed E-state index contributed by atoms with van der Waals surface area (Å²) in [5.74, 6) is 1.97. The third kappa shape index (κ3) is 4.78. The molecule has 4 heterocycles. The summed E-state index contributed by atoms with van der Waals surface area (Å²) in [6.45, 7) is 8.74. The predicted octanol–water partition coefficient (Wildman–Crippen LogP) is 10.5. The van der Waals surface area contributed by atoms with Crippen LogP contribution in [0.3, 0.4) is 0 Å². The smallest absolute Gasteiger partial charge is 0.135 e. The fourth-order valence-electron chi connectivity index (χ4n) is 6.72. The Hall–Kier alpha value is -5.06. The normalized spacial score (nSPS) is 13.1. The molecule has 0 N–H and O–H groups in total. The molecule has 0 saturated heterocycles. The number of hydrogen-bond donors (Lipinski definition) is 0. The van der Waals surface area contributed by atoms with Crippen LogP contribution in [0.25, 0.3) is 49.6 Å². The molecule has 8 aromatic rings. The van der Waals surface area contributed by atoms with E-state index in [9.17, 15) is 0 Å². The van der Waals surface area contributed by atoms with Crippen LogP contribution >= 0.6 is 0 Å². The molecule has 1 aliphatic heterocycles. The molecule has 6 nitrogen and oxygen atoms in total.